The molecule has 0 N–H and O–H groups in total. The molecule has 0 unspecified atom stereocenters. The largest absolute Gasteiger partial charge is 0.228 e. The first-order valence-electron chi connectivity index (χ1n) is 19.8. The van der Waals surface area contributed by atoms with E-state index >= 15 is 0 Å². The molecule has 0 amide bonds. The third kappa shape index (κ3) is 4.90. The number of hydrogen-bond acceptors (Lipinski definition) is 3. The quantitative estimate of drug-likeness (QED) is 0.175. The summed E-state index contributed by atoms with van der Waals surface area (Å²) in [5, 5.41) is 6.14. The van der Waals surface area contributed by atoms with Gasteiger partial charge >= 0.3 is 0 Å². The lowest BCUT2D eigenvalue weighted by molar-refractivity contribution is 0.769. The summed E-state index contributed by atoms with van der Waals surface area (Å²) < 4.78 is 2.57. The van der Waals surface area contributed by atoms with E-state index in [4.69, 9.17) is 9.97 Å². The molecule has 2 aromatic heterocycles. The van der Waals surface area contributed by atoms with Gasteiger partial charge in [-0.15, -0.1) is 11.3 Å². The highest BCUT2D eigenvalue weighted by Gasteiger charge is 2.46. The predicted molar refractivity (Wildman–Crippen MR) is 244 cm³/mol. The molecule has 1 aliphatic rings. The van der Waals surface area contributed by atoms with Gasteiger partial charge in [0.2, 0.25) is 0 Å². The van der Waals surface area contributed by atoms with Crippen molar-refractivity contribution in [3.63, 3.8) is 0 Å². The van der Waals surface area contributed by atoms with Gasteiger partial charge in [0, 0.05) is 36.7 Å². The average Bonchev–Trinajstić information content (AvgIpc) is 3.83. The molecule has 2 nitrogen and oxygen atoms in total. The first-order valence-corrected chi connectivity index (χ1v) is 20.6. The van der Waals surface area contributed by atoms with Crippen LogP contribution in [-0.4, -0.2) is 9.97 Å². The second-order valence-electron chi connectivity index (χ2n) is 15.3. The molecule has 9 aromatic carbocycles. The van der Waals surface area contributed by atoms with Crippen molar-refractivity contribution in [3.05, 3.63) is 229 Å². The summed E-state index contributed by atoms with van der Waals surface area (Å²) >= 11 is 1.83. The van der Waals surface area contributed by atoms with Gasteiger partial charge in [0.15, 0.2) is 5.82 Å². The van der Waals surface area contributed by atoms with Crippen molar-refractivity contribution in [1.82, 2.24) is 9.97 Å². The number of benzene rings is 9. The molecule has 12 rings (SSSR count). The van der Waals surface area contributed by atoms with Crippen molar-refractivity contribution in [3.8, 4) is 44.9 Å². The first kappa shape index (κ1) is 33.0. The van der Waals surface area contributed by atoms with Crippen molar-refractivity contribution in [2.75, 3.05) is 0 Å². The second-order valence-corrected chi connectivity index (χ2v) is 16.3. The lowest BCUT2D eigenvalue weighted by atomic mass is 9.67. The van der Waals surface area contributed by atoms with Gasteiger partial charge in [-0.2, -0.15) is 0 Å². The molecule has 0 atom stereocenters. The number of thiophene rings is 1. The monoisotopic (exact) mass is 754 g/mol. The Balaban J connectivity index is 0.975. The van der Waals surface area contributed by atoms with Crippen LogP contribution in [0, 0.1) is 0 Å². The van der Waals surface area contributed by atoms with E-state index in [1.54, 1.807) is 0 Å². The van der Waals surface area contributed by atoms with Crippen LogP contribution in [0.5, 0.6) is 0 Å². The molecule has 58 heavy (non-hydrogen) atoms. The topological polar surface area (TPSA) is 25.8 Å². The maximum atomic E-state index is 5.26. The van der Waals surface area contributed by atoms with E-state index in [0.29, 0.717) is 0 Å². The Hall–Kier alpha value is -7.20. The zero-order chi connectivity index (χ0) is 38.2. The van der Waals surface area contributed by atoms with Gasteiger partial charge in [0.25, 0.3) is 0 Å². The van der Waals surface area contributed by atoms with E-state index in [1.165, 1.54) is 69.9 Å². The molecule has 1 aliphatic carbocycles. The fourth-order valence-electron chi connectivity index (χ4n) is 9.55. The highest BCUT2D eigenvalue weighted by atomic mass is 32.1. The summed E-state index contributed by atoms with van der Waals surface area (Å²) in [7, 11) is 0. The molecule has 0 fully saturated rings. The predicted octanol–water partition coefficient (Wildman–Crippen LogP) is 14.5. The standard InChI is InChI=1S/C55H34N2S/c1-3-13-40(14-4-1)55(41-15-5-2-6-16-41)47-20-10-7-18-44(47)52-46-33-38(28-25-36(46)30-32-48(52)55)35-23-26-37(27-24-35)54-56-49-21-11-8-19-45(49)53(57-54)39-29-31-43-42-17-9-12-22-50(42)58-51(43)34-39/h1-34H. The second kappa shape index (κ2) is 12.9. The molecule has 3 heteroatoms. The Kier molecular flexibility index (Phi) is 7.35. The Morgan fingerprint density at radius 3 is 1.81 bits per heavy atom. The van der Waals surface area contributed by atoms with Crippen molar-refractivity contribution in [2.24, 2.45) is 0 Å². The third-order valence-corrected chi connectivity index (χ3v) is 13.3. The molecular weight excluding hydrogens is 721 g/mol. The summed E-state index contributed by atoms with van der Waals surface area (Å²) in [5.74, 6) is 0.725. The molecular formula is C55H34N2S. The van der Waals surface area contributed by atoms with Crippen molar-refractivity contribution in [1.29, 1.82) is 0 Å². The summed E-state index contributed by atoms with van der Waals surface area (Å²) in [6, 6.07) is 75.1. The van der Waals surface area contributed by atoms with Crippen LogP contribution in [0.15, 0.2) is 206 Å². The van der Waals surface area contributed by atoms with Crippen molar-refractivity contribution >= 4 is 53.2 Å². The van der Waals surface area contributed by atoms with Crippen LogP contribution in [0.3, 0.4) is 0 Å². The molecule has 2 heterocycles. The van der Waals surface area contributed by atoms with E-state index in [-0.39, 0.29) is 0 Å². The Morgan fingerprint density at radius 2 is 1.00 bits per heavy atom. The van der Waals surface area contributed by atoms with E-state index in [0.717, 1.165) is 39.1 Å². The van der Waals surface area contributed by atoms with Crippen LogP contribution in [0.2, 0.25) is 0 Å². The van der Waals surface area contributed by atoms with Gasteiger partial charge < -0.3 is 0 Å². The Labute approximate surface area is 340 Å². The van der Waals surface area contributed by atoms with Gasteiger partial charge in [0.1, 0.15) is 0 Å². The van der Waals surface area contributed by atoms with Crippen molar-refractivity contribution < 1.29 is 0 Å². The summed E-state index contributed by atoms with van der Waals surface area (Å²) in [6.07, 6.45) is 0. The minimum Gasteiger partial charge on any atom is -0.228 e. The maximum absolute atomic E-state index is 5.26. The van der Waals surface area contributed by atoms with Gasteiger partial charge in [-0.1, -0.05) is 182 Å². The number of fused-ring (bicyclic) bond motifs is 9. The van der Waals surface area contributed by atoms with Gasteiger partial charge in [-0.25, -0.2) is 9.97 Å². The van der Waals surface area contributed by atoms with Gasteiger partial charge in [0.05, 0.1) is 16.6 Å². The first-order chi connectivity index (χ1) is 28.7. The number of rotatable bonds is 5. The van der Waals surface area contributed by atoms with Crippen LogP contribution < -0.4 is 0 Å². The van der Waals surface area contributed by atoms with E-state index in [1.807, 2.05) is 11.3 Å². The minimum atomic E-state index is -0.428. The summed E-state index contributed by atoms with van der Waals surface area (Å²) in [5.41, 5.74) is 13.7. The summed E-state index contributed by atoms with van der Waals surface area (Å²) in [4.78, 5) is 10.4. The van der Waals surface area contributed by atoms with E-state index < -0.39 is 5.41 Å². The maximum Gasteiger partial charge on any atom is 0.160 e. The molecule has 270 valence electrons. The van der Waals surface area contributed by atoms with E-state index in [9.17, 15) is 0 Å². The molecule has 11 aromatic rings. The third-order valence-electron chi connectivity index (χ3n) is 12.2. The summed E-state index contributed by atoms with van der Waals surface area (Å²) in [6.45, 7) is 0. The minimum absolute atomic E-state index is 0.428. The van der Waals surface area contributed by atoms with Crippen LogP contribution >= 0.6 is 11.3 Å². The Morgan fingerprint density at radius 1 is 0.379 bits per heavy atom. The number of hydrogen-bond donors (Lipinski definition) is 0. The lowest BCUT2D eigenvalue weighted by Gasteiger charge is -2.33. The van der Waals surface area contributed by atoms with E-state index in [2.05, 4.69) is 206 Å². The Bertz CT molecular complexity index is 3340. The van der Waals surface area contributed by atoms with Crippen LogP contribution in [0.1, 0.15) is 22.3 Å². The molecule has 0 aliphatic heterocycles. The fourth-order valence-corrected chi connectivity index (χ4v) is 10.7. The van der Waals surface area contributed by atoms with Crippen LogP contribution in [-0.2, 0) is 5.41 Å². The normalized spacial score (nSPS) is 13.0. The number of para-hydroxylation sites is 1. The van der Waals surface area contributed by atoms with Gasteiger partial charge in [-0.05, 0) is 79.5 Å². The number of aromatic nitrogens is 2. The smallest absolute Gasteiger partial charge is 0.160 e. The highest BCUT2D eigenvalue weighted by molar-refractivity contribution is 7.25. The molecule has 0 spiro atoms. The zero-order valence-corrected chi connectivity index (χ0v) is 32.2. The highest BCUT2D eigenvalue weighted by Crippen LogP contribution is 2.58. The molecule has 0 saturated carbocycles. The fraction of sp³-hybridized carbons (Fsp3) is 0.0182. The molecule has 0 bridgehead atoms. The number of nitrogens with zero attached hydrogens (tertiary/aromatic N) is 2. The lowest BCUT2D eigenvalue weighted by Crippen LogP contribution is -2.28. The van der Waals surface area contributed by atoms with Gasteiger partial charge in [-0.3, -0.25) is 0 Å². The SMILES string of the molecule is c1ccc(C2(c3ccccc3)c3ccccc3-c3c2ccc2ccc(-c4ccc(-c5nc(-c6ccc7c(c6)sc6ccccc67)c6ccccc6n5)cc4)cc32)cc1. The molecule has 0 saturated heterocycles. The van der Waals surface area contributed by atoms with Crippen LogP contribution in [0.25, 0.3) is 86.7 Å². The zero-order valence-electron chi connectivity index (χ0n) is 31.4. The average molecular weight is 755 g/mol. The van der Waals surface area contributed by atoms with Crippen LogP contribution in [0.4, 0.5) is 0 Å². The van der Waals surface area contributed by atoms with Crippen molar-refractivity contribution in [2.45, 2.75) is 5.41 Å². The molecule has 0 radical (unpaired) electrons.